The number of amides is 1. The molecule has 0 aliphatic heterocycles. The lowest BCUT2D eigenvalue weighted by Crippen LogP contribution is -2.35. The number of rotatable bonds is 6. The number of likely N-dealkylation sites (N-methyl/N-ethyl adjacent to an activating group) is 1. The minimum Gasteiger partial charge on any atom is -0.399 e. The van der Waals surface area contributed by atoms with E-state index < -0.39 is 0 Å². The van der Waals surface area contributed by atoms with Crippen molar-refractivity contribution in [2.45, 2.75) is 19.4 Å². The molecule has 0 aliphatic carbocycles. The zero-order chi connectivity index (χ0) is 16.8. The minimum absolute atomic E-state index is 0. The first kappa shape index (κ1) is 23.2. The lowest BCUT2D eigenvalue weighted by atomic mass is 10.0. The van der Waals surface area contributed by atoms with E-state index in [1.54, 1.807) is 0 Å². The Morgan fingerprint density at radius 1 is 1.04 bits per heavy atom. The van der Waals surface area contributed by atoms with Crippen LogP contribution in [0.5, 0.6) is 0 Å². The van der Waals surface area contributed by atoms with E-state index >= 15 is 0 Å². The fraction of sp³-hybridized carbons (Fsp3) is 0.316. The van der Waals surface area contributed by atoms with Gasteiger partial charge in [-0.3, -0.25) is 4.79 Å². The van der Waals surface area contributed by atoms with Gasteiger partial charge in [0.25, 0.3) is 0 Å². The fourth-order valence-electron chi connectivity index (χ4n) is 2.48. The van der Waals surface area contributed by atoms with Gasteiger partial charge in [-0.05, 0) is 44.3 Å². The van der Waals surface area contributed by atoms with Crippen LogP contribution in [0.4, 0.5) is 5.69 Å². The number of benzene rings is 2. The van der Waals surface area contributed by atoms with E-state index in [2.05, 4.69) is 41.4 Å². The van der Waals surface area contributed by atoms with Crippen LogP contribution in [0.25, 0.3) is 0 Å². The monoisotopic (exact) mass is 383 g/mol. The second kappa shape index (κ2) is 11.0. The SMILES string of the molecule is Cc1ccc(C(CNC(=O)Cc2ccc(N)cc2)N(C)C)cc1.Cl.Cl. The number of hydrogen-bond donors (Lipinski definition) is 2. The lowest BCUT2D eigenvalue weighted by Gasteiger charge is -2.25. The molecule has 0 heterocycles. The van der Waals surface area contributed by atoms with Crippen molar-refractivity contribution in [3.63, 3.8) is 0 Å². The van der Waals surface area contributed by atoms with Gasteiger partial charge in [-0.25, -0.2) is 0 Å². The standard InChI is InChI=1S/C19H25N3O.2ClH/c1-14-4-8-16(9-5-14)18(22(2)3)13-21-19(23)12-15-6-10-17(20)11-7-15;;/h4-11,18H,12-13,20H2,1-3H3,(H,21,23);2*1H. The highest BCUT2D eigenvalue weighted by atomic mass is 35.5. The van der Waals surface area contributed by atoms with Gasteiger partial charge in [-0.2, -0.15) is 0 Å². The Kier molecular flexibility index (Phi) is 10.2. The molecule has 0 fully saturated rings. The Balaban J connectivity index is 0.00000288. The summed E-state index contributed by atoms with van der Waals surface area (Å²) in [5.74, 6) is 0.0220. The molecule has 25 heavy (non-hydrogen) atoms. The first-order valence-corrected chi connectivity index (χ1v) is 7.80. The molecule has 1 atom stereocenters. The van der Waals surface area contributed by atoms with Gasteiger partial charge in [0.05, 0.1) is 12.5 Å². The summed E-state index contributed by atoms with van der Waals surface area (Å²) in [4.78, 5) is 14.3. The molecule has 0 bridgehead atoms. The van der Waals surface area contributed by atoms with Crippen molar-refractivity contribution in [1.29, 1.82) is 0 Å². The average molecular weight is 384 g/mol. The largest absolute Gasteiger partial charge is 0.399 e. The highest BCUT2D eigenvalue weighted by molar-refractivity contribution is 5.85. The Hall–Kier alpha value is -1.75. The van der Waals surface area contributed by atoms with E-state index in [-0.39, 0.29) is 36.8 Å². The predicted octanol–water partition coefficient (Wildman–Crippen LogP) is 3.38. The Morgan fingerprint density at radius 2 is 1.60 bits per heavy atom. The number of hydrogen-bond acceptors (Lipinski definition) is 3. The highest BCUT2D eigenvalue weighted by Crippen LogP contribution is 2.18. The van der Waals surface area contributed by atoms with Crippen molar-refractivity contribution in [3.8, 4) is 0 Å². The van der Waals surface area contributed by atoms with Crippen LogP contribution in [0.1, 0.15) is 22.7 Å². The van der Waals surface area contributed by atoms with Crippen molar-refractivity contribution >= 4 is 36.4 Å². The maximum atomic E-state index is 12.1. The summed E-state index contributed by atoms with van der Waals surface area (Å²) in [6, 6.07) is 16.0. The van der Waals surface area contributed by atoms with E-state index in [0.29, 0.717) is 18.7 Å². The molecule has 0 radical (unpaired) electrons. The second-order valence-corrected chi connectivity index (χ2v) is 6.11. The van der Waals surface area contributed by atoms with Gasteiger partial charge in [-0.1, -0.05) is 42.0 Å². The van der Waals surface area contributed by atoms with Crippen LogP contribution in [-0.4, -0.2) is 31.4 Å². The molecule has 2 rings (SSSR count). The molecule has 0 saturated heterocycles. The number of nitrogen functional groups attached to an aromatic ring is 1. The third-order valence-corrected chi connectivity index (χ3v) is 3.92. The van der Waals surface area contributed by atoms with E-state index in [9.17, 15) is 4.79 Å². The van der Waals surface area contributed by atoms with Gasteiger partial charge >= 0.3 is 0 Å². The Bertz CT molecular complexity index is 643. The van der Waals surface area contributed by atoms with E-state index in [1.165, 1.54) is 11.1 Å². The number of carbonyl (C=O) groups excluding carboxylic acids is 1. The molecule has 3 N–H and O–H groups in total. The average Bonchev–Trinajstić information content (AvgIpc) is 2.51. The number of nitrogens with two attached hydrogens (primary N) is 1. The predicted molar refractivity (Wildman–Crippen MR) is 110 cm³/mol. The molecule has 0 saturated carbocycles. The summed E-state index contributed by atoms with van der Waals surface area (Å²) in [7, 11) is 4.05. The van der Waals surface area contributed by atoms with Crippen LogP contribution >= 0.6 is 24.8 Å². The summed E-state index contributed by atoms with van der Waals surface area (Å²) < 4.78 is 0. The third kappa shape index (κ3) is 7.34. The minimum atomic E-state index is 0. The maximum absolute atomic E-state index is 12.1. The van der Waals surface area contributed by atoms with E-state index in [4.69, 9.17) is 5.73 Å². The molecule has 0 aliphatic rings. The highest BCUT2D eigenvalue weighted by Gasteiger charge is 2.15. The zero-order valence-electron chi connectivity index (χ0n) is 14.9. The first-order chi connectivity index (χ1) is 11.0. The number of anilines is 1. The van der Waals surface area contributed by atoms with Crippen molar-refractivity contribution in [3.05, 3.63) is 65.2 Å². The van der Waals surface area contributed by atoms with Crippen LogP contribution in [0.15, 0.2) is 48.5 Å². The van der Waals surface area contributed by atoms with Gasteiger partial charge in [0.15, 0.2) is 0 Å². The maximum Gasteiger partial charge on any atom is 0.224 e. The van der Waals surface area contributed by atoms with E-state index in [0.717, 1.165) is 5.56 Å². The molecular formula is C19H27Cl2N3O. The lowest BCUT2D eigenvalue weighted by molar-refractivity contribution is -0.120. The fourth-order valence-corrected chi connectivity index (χ4v) is 2.48. The molecule has 2 aromatic carbocycles. The third-order valence-electron chi connectivity index (χ3n) is 3.92. The molecule has 1 amide bonds. The first-order valence-electron chi connectivity index (χ1n) is 7.80. The van der Waals surface area contributed by atoms with Gasteiger partial charge in [0.2, 0.25) is 5.91 Å². The van der Waals surface area contributed by atoms with Crippen molar-refractivity contribution in [2.75, 3.05) is 26.4 Å². The van der Waals surface area contributed by atoms with Gasteiger partial charge < -0.3 is 16.0 Å². The van der Waals surface area contributed by atoms with Crippen molar-refractivity contribution in [2.24, 2.45) is 0 Å². The van der Waals surface area contributed by atoms with Crippen molar-refractivity contribution < 1.29 is 4.79 Å². The second-order valence-electron chi connectivity index (χ2n) is 6.11. The van der Waals surface area contributed by atoms with Crippen molar-refractivity contribution in [1.82, 2.24) is 10.2 Å². The van der Waals surface area contributed by atoms with Crippen LogP contribution in [0, 0.1) is 6.92 Å². The van der Waals surface area contributed by atoms with Gasteiger partial charge in [0, 0.05) is 12.2 Å². The molecule has 0 spiro atoms. The van der Waals surface area contributed by atoms with Gasteiger partial charge in [-0.15, -0.1) is 24.8 Å². The van der Waals surface area contributed by atoms with Crippen LogP contribution in [-0.2, 0) is 11.2 Å². The smallest absolute Gasteiger partial charge is 0.224 e. The molecule has 6 heteroatoms. The Labute approximate surface area is 162 Å². The summed E-state index contributed by atoms with van der Waals surface area (Å²) in [6.45, 7) is 2.66. The molecule has 0 aromatic heterocycles. The summed E-state index contributed by atoms with van der Waals surface area (Å²) in [5, 5.41) is 3.03. The van der Waals surface area contributed by atoms with E-state index in [1.807, 2.05) is 38.4 Å². The molecule has 2 aromatic rings. The van der Waals surface area contributed by atoms with Crippen LogP contribution < -0.4 is 11.1 Å². The number of nitrogens with one attached hydrogen (secondary N) is 1. The molecular weight excluding hydrogens is 357 g/mol. The van der Waals surface area contributed by atoms with Gasteiger partial charge in [0.1, 0.15) is 0 Å². The Morgan fingerprint density at radius 3 is 2.12 bits per heavy atom. The number of halogens is 2. The molecule has 138 valence electrons. The number of nitrogens with zero attached hydrogens (tertiary/aromatic N) is 1. The summed E-state index contributed by atoms with van der Waals surface area (Å²) in [6.07, 6.45) is 0.369. The molecule has 1 unspecified atom stereocenters. The quantitative estimate of drug-likeness (QED) is 0.751. The number of carbonyl (C=O) groups is 1. The zero-order valence-corrected chi connectivity index (χ0v) is 16.5. The summed E-state index contributed by atoms with van der Waals surface area (Å²) >= 11 is 0. The van der Waals surface area contributed by atoms with Crippen LogP contribution in [0.3, 0.4) is 0 Å². The summed E-state index contributed by atoms with van der Waals surface area (Å²) in [5.41, 5.74) is 9.77. The number of aryl methyl sites for hydroxylation is 1. The normalized spacial score (nSPS) is 11.2. The topological polar surface area (TPSA) is 58.4 Å². The van der Waals surface area contributed by atoms with Crippen LogP contribution in [0.2, 0.25) is 0 Å². The molecule has 4 nitrogen and oxygen atoms in total.